The Morgan fingerprint density at radius 1 is 1.00 bits per heavy atom. The van der Waals surface area contributed by atoms with Gasteiger partial charge in [-0.2, -0.15) is 0 Å². The van der Waals surface area contributed by atoms with Crippen LogP contribution in [-0.4, -0.2) is 10.2 Å². The predicted octanol–water partition coefficient (Wildman–Crippen LogP) is 6.68. The van der Waals surface area contributed by atoms with Crippen LogP contribution in [0.2, 0.25) is 0 Å². The van der Waals surface area contributed by atoms with Gasteiger partial charge in [0.1, 0.15) is 11.5 Å². The monoisotopic (exact) mass is 376 g/mol. The van der Waals surface area contributed by atoms with Crippen molar-refractivity contribution < 1.29 is 10.2 Å². The van der Waals surface area contributed by atoms with Crippen molar-refractivity contribution in [2.75, 3.05) is 0 Å². The summed E-state index contributed by atoms with van der Waals surface area (Å²) in [6.07, 6.45) is 8.30. The number of hydrogen-bond acceptors (Lipinski definition) is 2. The van der Waals surface area contributed by atoms with Gasteiger partial charge in [0.25, 0.3) is 0 Å². The fourth-order valence-corrected chi connectivity index (χ4v) is 4.37. The summed E-state index contributed by atoms with van der Waals surface area (Å²) < 4.78 is 0. The molecule has 0 bridgehead atoms. The van der Waals surface area contributed by atoms with Gasteiger partial charge in [0.2, 0.25) is 0 Å². The highest BCUT2D eigenvalue weighted by Gasteiger charge is 2.30. The molecule has 2 aromatic rings. The number of aryl methyl sites for hydroxylation is 2. The highest BCUT2D eigenvalue weighted by molar-refractivity contribution is 5.51. The summed E-state index contributed by atoms with van der Waals surface area (Å²) in [4.78, 5) is 0. The van der Waals surface area contributed by atoms with E-state index in [9.17, 15) is 10.2 Å². The van der Waals surface area contributed by atoms with E-state index in [2.05, 4.69) is 43.8 Å². The van der Waals surface area contributed by atoms with Crippen molar-refractivity contribution in [3.8, 4) is 11.5 Å². The van der Waals surface area contributed by atoms with Gasteiger partial charge < -0.3 is 10.2 Å². The van der Waals surface area contributed by atoms with Crippen molar-refractivity contribution in [2.45, 2.75) is 58.3 Å². The minimum Gasteiger partial charge on any atom is -0.507 e. The lowest BCUT2D eigenvalue weighted by Gasteiger charge is -2.31. The van der Waals surface area contributed by atoms with Gasteiger partial charge >= 0.3 is 0 Å². The van der Waals surface area contributed by atoms with Crippen molar-refractivity contribution >= 4 is 0 Å². The topological polar surface area (TPSA) is 40.5 Å². The molecule has 2 heteroatoms. The molecule has 1 aliphatic carbocycles. The Morgan fingerprint density at radius 2 is 1.61 bits per heavy atom. The van der Waals surface area contributed by atoms with Crippen molar-refractivity contribution in [1.29, 1.82) is 0 Å². The summed E-state index contributed by atoms with van der Waals surface area (Å²) in [5, 5.41) is 21.5. The van der Waals surface area contributed by atoms with Crippen molar-refractivity contribution in [2.24, 2.45) is 5.92 Å². The third kappa shape index (κ3) is 4.86. The third-order valence-corrected chi connectivity index (χ3v) is 5.93. The molecule has 2 N–H and O–H groups in total. The van der Waals surface area contributed by atoms with Crippen LogP contribution in [0.4, 0.5) is 0 Å². The largest absolute Gasteiger partial charge is 0.507 e. The van der Waals surface area contributed by atoms with Crippen molar-refractivity contribution in [3.63, 3.8) is 0 Å². The van der Waals surface area contributed by atoms with Crippen LogP contribution in [0.3, 0.4) is 0 Å². The van der Waals surface area contributed by atoms with E-state index in [1.54, 1.807) is 0 Å². The van der Waals surface area contributed by atoms with E-state index in [0.29, 0.717) is 5.56 Å². The molecule has 2 aromatic carbocycles. The third-order valence-electron chi connectivity index (χ3n) is 5.93. The molecular formula is C26H32O2. The first-order valence-electron chi connectivity index (χ1n) is 10.4. The molecule has 0 spiro atoms. The quantitative estimate of drug-likeness (QED) is 0.418. The Balaban J connectivity index is 1.70. The molecule has 0 saturated carbocycles. The first-order chi connectivity index (χ1) is 13.5. The Labute approximate surface area is 169 Å². The minimum absolute atomic E-state index is 0.00150. The molecule has 0 fully saturated rings. The number of unbranched alkanes of at least 4 members (excludes halogenated alkanes) is 1. The molecule has 3 rings (SSSR count). The zero-order valence-electron chi connectivity index (χ0n) is 17.1. The van der Waals surface area contributed by atoms with Crippen LogP contribution in [0, 0.1) is 5.92 Å². The Hall–Kier alpha value is -2.48. The Bertz CT molecular complexity index is 825. The maximum atomic E-state index is 10.7. The van der Waals surface area contributed by atoms with Crippen LogP contribution in [0.25, 0.3) is 0 Å². The van der Waals surface area contributed by atoms with Crippen LogP contribution < -0.4 is 0 Å². The number of phenolic OH excluding ortho intramolecular Hbond substituents is 2. The molecule has 0 aromatic heterocycles. The van der Waals surface area contributed by atoms with Crippen molar-refractivity contribution in [1.82, 2.24) is 0 Å². The molecule has 0 unspecified atom stereocenters. The second-order valence-electron chi connectivity index (χ2n) is 8.27. The lowest BCUT2D eigenvalue weighted by atomic mass is 9.73. The molecule has 0 heterocycles. The van der Waals surface area contributed by atoms with Gasteiger partial charge in [-0.15, -0.1) is 0 Å². The fourth-order valence-electron chi connectivity index (χ4n) is 4.37. The van der Waals surface area contributed by atoms with Gasteiger partial charge in [-0.25, -0.2) is 0 Å². The van der Waals surface area contributed by atoms with Gasteiger partial charge in [-0.05, 0) is 81.5 Å². The van der Waals surface area contributed by atoms with Gasteiger partial charge in [0, 0.05) is 11.5 Å². The van der Waals surface area contributed by atoms with Crippen LogP contribution in [-0.2, 0) is 12.8 Å². The van der Waals surface area contributed by atoms with Gasteiger partial charge in [0.05, 0.1) is 0 Å². The molecule has 1 aliphatic rings. The number of benzene rings is 2. The average Bonchev–Trinajstić information content (AvgIpc) is 2.65. The molecule has 0 aliphatic heterocycles. The standard InChI is InChI=1S/C26H32O2/c1-18(2)22-14-13-19(3)15-23(22)26-24(27)16-21(17-25(26)28)12-8-7-11-20-9-5-4-6-10-20/h4-6,9-10,15-17,22-23,27-28H,1,7-8,11-14H2,2-3H3/t22-,23+/m0/s1. The predicted molar refractivity (Wildman–Crippen MR) is 117 cm³/mol. The number of phenols is 2. The van der Waals surface area contributed by atoms with Crippen LogP contribution in [0.5, 0.6) is 11.5 Å². The number of rotatable bonds is 7. The summed E-state index contributed by atoms with van der Waals surface area (Å²) in [6.45, 7) is 8.30. The Morgan fingerprint density at radius 3 is 2.21 bits per heavy atom. The van der Waals surface area contributed by atoms with Gasteiger partial charge in [-0.1, -0.05) is 54.1 Å². The highest BCUT2D eigenvalue weighted by atomic mass is 16.3. The lowest BCUT2D eigenvalue weighted by molar-refractivity contribution is 0.406. The normalized spacial score (nSPS) is 19.3. The molecule has 0 saturated heterocycles. The number of aromatic hydroxyl groups is 2. The van der Waals surface area contributed by atoms with E-state index >= 15 is 0 Å². The summed E-state index contributed by atoms with van der Waals surface area (Å²) in [5.74, 6) is 0.677. The first kappa shape index (κ1) is 20.3. The van der Waals surface area contributed by atoms with E-state index in [0.717, 1.165) is 49.7 Å². The lowest BCUT2D eigenvalue weighted by Crippen LogP contribution is -2.17. The zero-order valence-corrected chi connectivity index (χ0v) is 17.1. The maximum Gasteiger partial charge on any atom is 0.123 e. The van der Waals surface area contributed by atoms with Crippen LogP contribution >= 0.6 is 0 Å². The van der Waals surface area contributed by atoms with Crippen LogP contribution in [0.1, 0.15) is 62.1 Å². The zero-order chi connectivity index (χ0) is 20.1. The minimum atomic E-state index is -0.00150. The fraction of sp³-hybridized carbons (Fsp3) is 0.385. The summed E-state index contributed by atoms with van der Waals surface area (Å²) >= 11 is 0. The smallest absolute Gasteiger partial charge is 0.123 e. The van der Waals surface area contributed by atoms with Gasteiger partial charge in [0.15, 0.2) is 0 Å². The van der Waals surface area contributed by atoms with Gasteiger partial charge in [-0.3, -0.25) is 0 Å². The summed E-state index contributed by atoms with van der Waals surface area (Å²) in [6, 6.07) is 14.2. The maximum absolute atomic E-state index is 10.7. The van der Waals surface area contributed by atoms with E-state index < -0.39 is 0 Å². The number of hydrogen-bond donors (Lipinski definition) is 2. The summed E-state index contributed by atoms with van der Waals surface area (Å²) in [7, 11) is 0. The molecular weight excluding hydrogens is 344 g/mol. The highest BCUT2D eigenvalue weighted by Crippen LogP contribution is 2.46. The Kier molecular flexibility index (Phi) is 6.61. The van der Waals surface area contributed by atoms with E-state index in [-0.39, 0.29) is 23.3 Å². The average molecular weight is 377 g/mol. The number of allylic oxidation sites excluding steroid dienone is 3. The molecule has 28 heavy (non-hydrogen) atoms. The molecule has 2 atom stereocenters. The summed E-state index contributed by atoms with van der Waals surface area (Å²) in [5.41, 5.74) is 5.42. The van der Waals surface area contributed by atoms with E-state index in [1.165, 1.54) is 11.1 Å². The molecule has 148 valence electrons. The van der Waals surface area contributed by atoms with E-state index in [4.69, 9.17) is 0 Å². The molecule has 2 nitrogen and oxygen atoms in total. The van der Waals surface area contributed by atoms with Crippen LogP contribution in [0.15, 0.2) is 66.3 Å². The SMILES string of the molecule is C=C(C)[C@@H]1CCC(C)=C[C@H]1c1c(O)cc(CCCCc2ccccc2)cc1O. The second kappa shape index (κ2) is 9.14. The molecule has 0 amide bonds. The first-order valence-corrected chi connectivity index (χ1v) is 10.4. The van der Waals surface area contributed by atoms with E-state index in [1.807, 2.05) is 25.1 Å². The second-order valence-corrected chi connectivity index (χ2v) is 8.27. The van der Waals surface area contributed by atoms with Crippen molar-refractivity contribution in [3.05, 3.63) is 83.0 Å². The molecule has 0 radical (unpaired) electrons.